The number of ether oxygens (including phenoxy) is 1. The van der Waals surface area contributed by atoms with Crippen molar-refractivity contribution >= 4 is 17.2 Å². The smallest absolute Gasteiger partial charge is 0.270 e. The van der Waals surface area contributed by atoms with Gasteiger partial charge in [-0.1, -0.05) is 23.4 Å². The largest absolute Gasteiger partial charge is 0.486 e. The van der Waals surface area contributed by atoms with Crippen molar-refractivity contribution in [1.82, 2.24) is 29.9 Å². The monoisotopic (exact) mass is 431 g/mol. The van der Waals surface area contributed by atoms with Gasteiger partial charge in [-0.15, -0.1) is 11.3 Å². The molecule has 0 radical (unpaired) electrons. The Kier molecular flexibility index (Phi) is 4.89. The molecule has 4 heterocycles. The Labute approximate surface area is 181 Å². The molecule has 9 nitrogen and oxygen atoms in total. The number of rotatable bonds is 6. The maximum Gasteiger partial charge on any atom is 0.270 e. The van der Waals surface area contributed by atoms with E-state index >= 15 is 0 Å². The first-order valence-electron chi connectivity index (χ1n) is 9.41. The Bertz CT molecular complexity index is 1310. The third kappa shape index (κ3) is 3.76. The second-order valence-corrected chi connectivity index (χ2v) is 7.69. The van der Waals surface area contributed by atoms with E-state index < -0.39 is 0 Å². The Hall–Kier alpha value is -4.05. The normalized spacial score (nSPS) is 11.0. The summed E-state index contributed by atoms with van der Waals surface area (Å²) in [5.74, 6) is 1.95. The average molecular weight is 431 g/mol. The third-order valence-corrected chi connectivity index (χ3v) is 5.64. The second kappa shape index (κ2) is 8.00. The van der Waals surface area contributed by atoms with Crippen LogP contribution in [0.3, 0.4) is 0 Å². The van der Waals surface area contributed by atoms with Crippen molar-refractivity contribution < 1.29 is 9.26 Å². The summed E-state index contributed by atoms with van der Waals surface area (Å²) in [7, 11) is 0. The second-order valence-electron chi connectivity index (χ2n) is 6.61. The van der Waals surface area contributed by atoms with E-state index in [2.05, 4.69) is 25.2 Å². The Morgan fingerprint density at radius 3 is 2.71 bits per heavy atom. The molecule has 0 saturated heterocycles. The van der Waals surface area contributed by atoms with Crippen LogP contribution >= 0.6 is 11.3 Å². The number of nitrogen functional groups attached to an aromatic ring is 1. The van der Waals surface area contributed by atoms with Gasteiger partial charge in [-0.2, -0.15) is 10.1 Å². The summed E-state index contributed by atoms with van der Waals surface area (Å²) < 4.78 is 12.9. The van der Waals surface area contributed by atoms with Gasteiger partial charge in [0.25, 0.3) is 5.89 Å². The van der Waals surface area contributed by atoms with Crippen molar-refractivity contribution in [2.45, 2.75) is 13.5 Å². The van der Waals surface area contributed by atoms with E-state index in [-0.39, 0.29) is 0 Å². The van der Waals surface area contributed by atoms with Gasteiger partial charge >= 0.3 is 0 Å². The fraction of sp³-hybridized carbons (Fsp3) is 0.0952. The summed E-state index contributed by atoms with van der Waals surface area (Å²) in [5, 5.41) is 9.25. The van der Waals surface area contributed by atoms with Gasteiger partial charge in [-0.25, -0.2) is 9.67 Å². The lowest BCUT2D eigenvalue weighted by Crippen LogP contribution is -2.02. The van der Waals surface area contributed by atoms with Gasteiger partial charge in [0.1, 0.15) is 28.1 Å². The van der Waals surface area contributed by atoms with Crippen LogP contribution in [-0.4, -0.2) is 29.9 Å². The van der Waals surface area contributed by atoms with Gasteiger partial charge in [-0.05, 0) is 31.2 Å². The molecule has 4 aromatic heterocycles. The average Bonchev–Trinajstić information content (AvgIpc) is 3.52. The molecule has 10 heteroatoms. The topological polar surface area (TPSA) is 118 Å². The zero-order chi connectivity index (χ0) is 21.2. The molecule has 31 heavy (non-hydrogen) atoms. The van der Waals surface area contributed by atoms with Crippen molar-refractivity contribution in [3.05, 3.63) is 71.8 Å². The fourth-order valence-electron chi connectivity index (χ4n) is 3.02. The molecule has 0 saturated carbocycles. The zero-order valence-corrected chi connectivity index (χ0v) is 17.3. The molecule has 1 aromatic carbocycles. The van der Waals surface area contributed by atoms with Crippen LogP contribution in [0.1, 0.15) is 10.7 Å². The molecule has 0 aliphatic rings. The Balaban J connectivity index is 1.38. The number of pyridine rings is 1. The molecule has 0 fully saturated rings. The first-order chi connectivity index (χ1) is 15.2. The number of aryl methyl sites for hydroxylation is 1. The van der Waals surface area contributed by atoms with Crippen LogP contribution in [0.2, 0.25) is 0 Å². The highest BCUT2D eigenvalue weighted by molar-refractivity contribution is 7.15. The number of aromatic nitrogens is 6. The Morgan fingerprint density at radius 2 is 1.90 bits per heavy atom. The van der Waals surface area contributed by atoms with Gasteiger partial charge in [0, 0.05) is 12.4 Å². The summed E-state index contributed by atoms with van der Waals surface area (Å²) in [6.45, 7) is 2.26. The molecule has 0 aliphatic carbocycles. The Morgan fingerprint density at radius 1 is 1.10 bits per heavy atom. The first kappa shape index (κ1) is 18.9. The van der Waals surface area contributed by atoms with Crippen LogP contribution in [-0.2, 0) is 6.61 Å². The maximum absolute atomic E-state index is 6.28. The van der Waals surface area contributed by atoms with Crippen molar-refractivity contribution in [3.8, 4) is 33.6 Å². The minimum atomic E-state index is 0.363. The van der Waals surface area contributed by atoms with Crippen LogP contribution in [0.5, 0.6) is 5.75 Å². The lowest BCUT2D eigenvalue weighted by molar-refractivity contribution is 0.305. The summed E-state index contributed by atoms with van der Waals surface area (Å²) >= 11 is 1.46. The quantitative estimate of drug-likeness (QED) is 0.430. The number of nitrogens with two attached hydrogens (primary N) is 1. The van der Waals surface area contributed by atoms with Crippen molar-refractivity contribution in [1.29, 1.82) is 0 Å². The van der Waals surface area contributed by atoms with E-state index in [9.17, 15) is 0 Å². The first-order valence-corrected chi connectivity index (χ1v) is 10.2. The summed E-state index contributed by atoms with van der Waals surface area (Å²) in [4.78, 5) is 13.9. The molecule has 0 bridgehead atoms. The van der Waals surface area contributed by atoms with Gasteiger partial charge in [0.2, 0.25) is 5.82 Å². The van der Waals surface area contributed by atoms with Crippen molar-refractivity contribution in [2.75, 3.05) is 5.73 Å². The minimum absolute atomic E-state index is 0.363. The summed E-state index contributed by atoms with van der Waals surface area (Å²) in [5.41, 5.74) is 8.45. The van der Waals surface area contributed by atoms with Gasteiger partial charge in [-0.3, -0.25) is 4.98 Å². The molecule has 0 aliphatic heterocycles. The van der Waals surface area contributed by atoms with E-state index in [1.165, 1.54) is 11.3 Å². The van der Waals surface area contributed by atoms with Gasteiger partial charge < -0.3 is 15.0 Å². The van der Waals surface area contributed by atoms with Crippen LogP contribution in [0, 0.1) is 6.92 Å². The van der Waals surface area contributed by atoms with Gasteiger partial charge in [0.05, 0.1) is 23.1 Å². The molecule has 2 N–H and O–H groups in total. The van der Waals surface area contributed by atoms with E-state index in [4.69, 9.17) is 15.0 Å². The lowest BCUT2D eigenvalue weighted by atomic mass is 10.3. The van der Waals surface area contributed by atoms with Crippen molar-refractivity contribution in [2.24, 2.45) is 0 Å². The lowest BCUT2D eigenvalue weighted by Gasteiger charge is -2.02. The molecule has 0 unspecified atom stereocenters. The minimum Gasteiger partial charge on any atom is -0.486 e. The van der Waals surface area contributed by atoms with Crippen LogP contribution in [0.25, 0.3) is 27.8 Å². The highest BCUT2D eigenvalue weighted by Gasteiger charge is 2.20. The molecule has 0 amide bonds. The number of hydrogen-bond acceptors (Lipinski definition) is 9. The SMILES string of the molecule is Cc1nc(COc2ccccc2)sc1-c1nc(-c2cnn(-c3ccncc3)c2N)no1. The molecule has 0 spiro atoms. The highest BCUT2D eigenvalue weighted by Crippen LogP contribution is 2.32. The zero-order valence-electron chi connectivity index (χ0n) is 16.5. The predicted molar refractivity (Wildman–Crippen MR) is 116 cm³/mol. The number of nitrogens with zero attached hydrogens (tertiary/aromatic N) is 6. The number of para-hydroxylation sites is 1. The molecule has 5 rings (SSSR count). The predicted octanol–water partition coefficient (Wildman–Crippen LogP) is 3.91. The van der Waals surface area contributed by atoms with E-state index in [1.54, 1.807) is 23.3 Å². The van der Waals surface area contributed by atoms with E-state index in [0.29, 0.717) is 29.7 Å². The standard InChI is InChI=1S/C21H17N7O2S/c1-13-18(31-17(25-13)12-29-15-5-3-2-4-6-15)21-26-20(27-30-21)16-11-24-28(19(16)22)14-7-9-23-10-8-14/h2-11H,12,22H2,1H3. The number of thiazole rings is 1. The summed E-state index contributed by atoms with van der Waals surface area (Å²) in [6, 6.07) is 13.2. The fourth-order valence-corrected chi connectivity index (χ4v) is 3.92. The molecule has 0 atom stereocenters. The maximum atomic E-state index is 6.28. The number of hydrogen-bond donors (Lipinski definition) is 1. The van der Waals surface area contributed by atoms with E-state index in [0.717, 1.165) is 27.0 Å². The molecular weight excluding hydrogens is 414 g/mol. The third-order valence-electron chi connectivity index (χ3n) is 4.52. The molecule has 154 valence electrons. The number of anilines is 1. The van der Waals surface area contributed by atoms with Crippen LogP contribution < -0.4 is 10.5 Å². The van der Waals surface area contributed by atoms with Crippen LogP contribution in [0.15, 0.2) is 65.6 Å². The highest BCUT2D eigenvalue weighted by atomic mass is 32.1. The van der Waals surface area contributed by atoms with Gasteiger partial charge in [0.15, 0.2) is 0 Å². The molecular formula is C21H17N7O2S. The van der Waals surface area contributed by atoms with E-state index in [1.807, 2.05) is 49.4 Å². The summed E-state index contributed by atoms with van der Waals surface area (Å²) in [6.07, 6.45) is 4.96. The van der Waals surface area contributed by atoms with Crippen molar-refractivity contribution in [3.63, 3.8) is 0 Å². The van der Waals surface area contributed by atoms with Crippen LogP contribution in [0.4, 0.5) is 5.82 Å². The molecule has 5 aromatic rings. The number of benzene rings is 1.